The number of halogens is 3. The fraction of sp³-hybridized carbons (Fsp3) is 0.455. The van der Waals surface area contributed by atoms with Gasteiger partial charge in [-0.2, -0.15) is 13.2 Å². The Morgan fingerprint density at radius 3 is 2.12 bits per heavy atom. The highest BCUT2D eigenvalue weighted by Gasteiger charge is 2.55. The van der Waals surface area contributed by atoms with E-state index in [1.807, 2.05) is 0 Å². The minimum atomic E-state index is -4.42. The van der Waals surface area contributed by atoms with Crippen molar-refractivity contribution < 1.29 is 17.9 Å². The Bertz CT molecular complexity index is 326. The van der Waals surface area contributed by atoms with Crippen LogP contribution >= 0.6 is 0 Å². The minimum Gasteiger partial charge on any atom is -0.382 e. The zero-order chi connectivity index (χ0) is 12.2. The summed E-state index contributed by atoms with van der Waals surface area (Å²) in [7, 11) is 2.53. The highest BCUT2D eigenvalue weighted by atomic mass is 19.4. The summed E-state index contributed by atoms with van der Waals surface area (Å²) < 4.78 is 44.0. The Hall–Kier alpha value is -1.07. The van der Waals surface area contributed by atoms with E-state index in [0.717, 1.165) is 0 Å². The average Bonchev–Trinajstić information content (AvgIpc) is 2.25. The van der Waals surface area contributed by atoms with Crippen molar-refractivity contribution in [2.45, 2.75) is 11.7 Å². The first-order chi connectivity index (χ1) is 7.48. The zero-order valence-corrected chi connectivity index (χ0v) is 9.14. The van der Waals surface area contributed by atoms with Gasteiger partial charge in [0.25, 0.3) is 0 Å². The third kappa shape index (κ3) is 2.20. The predicted molar refractivity (Wildman–Crippen MR) is 55.1 cm³/mol. The lowest BCUT2D eigenvalue weighted by Crippen LogP contribution is -2.55. The van der Waals surface area contributed by atoms with E-state index in [2.05, 4.69) is 5.32 Å². The monoisotopic (exact) mass is 233 g/mol. The van der Waals surface area contributed by atoms with Crippen molar-refractivity contribution >= 4 is 0 Å². The minimum absolute atomic E-state index is 0.145. The number of benzene rings is 1. The second-order valence-corrected chi connectivity index (χ2v) is 3.45. The average molecular weight is 233 g/mol. The molecule has 90 valence electrons. The Labute approximate surface area is 92.4 Å². The van der Waals surface area contributed by atoms with Crippen molar-refractivity contribution in [1.82, 2.24) is 5.32 Å². The maximum absolute atomic E-state index is 13.1. The smallest absolute Gasteiger partial charge is 0.382 e. The number of likely N-dealkylation sites (N-methyl/N-ethyl adjacent to an activating group) is 1. The molecule has 1 atom stereocenters. The molecule has 2 nitrogen and oxygen atoms in total. The zero-order valence-electron chi connectivity index (χ0n) is 9.14. The summed E-state index contributed by atoms with van der Waals surface area (Å²) in [5.41, 5.74) is -2.00. The van der Waals surface area contributed by atoms with E-state index in [0.29, 0.717) is 0 Å². The first-order valence-electron chi connectivity index (χ1n) is 4.78. The van der Waals surface area contributed by atoms with E-state index in [1.165, 1.54) is 26.3 Å². The molecule has 1 rings (SSSR count). The van der Waals surface area contributed by atoms with Crippen molar-refractivity contribution in [2.75, 3.05) is 20.8 Å². The molecule has 0 aliphatic carbocycles. The van der Waals surface area contributed by atoms with Crippen LogP contribution in [-0.2, 0) is 10.3 Å². The normalized spacial score (nSPS) is 15.8. The van der Waals surface area contributed by atoms with E-state index in [4.69, 9.17) is 4.74 Å². The summed E-state index contributed by atoms with van der Waals surface area (Å²) in [6.45, 7) is -0.461. The number of ether oxygens (including phenoxy) is 1. The second-order valence-electron chi connectivity index (χ2n) is 3.45. The molecule has 16 heavy (non-hydrogen) atoms. The quantitative estimate of drug-likeness (QED) is 0.861. The van der Waals surface area contributed by atoms with Crippen LogP contribution in [0.1, 0.15) is 5.56 Å². The molecule has 1 N–H and O–H groups in total. The number of alkyl halides is 3. The molecule has 1 aromatic carbocycles. The van der Waals surface area contributed by atoms with Gasteiger partial charge in [0.05, 0.1) is 6.61 Å². The summed E-state index contributed by atoms with van der Waals surface area (Å²) in [4.78, 5) is 0. The summed E-state index contributed by atoms with van der Waals surface area (Å²) in [6, 6.07) is 7.69. The van der Waals surface area contributed by atoms with Gasteiger partial charge in [-0.25, -0.2) is 0 Å². The molecule has 0 amide bonds. The van der Waals surface area contributed by atoms with Crippen molar-refractivity contribution in [2.24, 2.45) is 0 Å². The van der Waals surface area contributed by atoms with Gasteiger partial charge in [0.2, 0.25) is 0 Å². The number of methoxy groups -OCH3 is 1. The van der Waals surface area contributed by atoms with Gasteiger partial charge in [0.15, 0.2) is 5.54 Å². The van der Waals surface area contributed by atoms with Crippen LogP contribution in [0.4, 0.5) is 13.2 Å². The van der Waals surface area contributed by atoms with E-state index >= 15 is 0 Å². The summed E-state index contributed by atoms with van der Waals surface area (Å²) in [5, 5.41) is 2.32. The predicted octanol–water partition coefficient (Wildman–Crippen LogP) is 2.31. The Morgan fingerprint density at radius 2 is 1.75 bits per heavy atom. The maximum atomic E-state index is 13.1. The molecule has 0 aliphatic heterocycles. The highest BCUT2D eigenvalue weighted by Crippen LogP contribution is 2.38. The van der Waals surface area contributed by atoms with E-state index in [9.17, 15) is 13.2 Å². The molecular formula is C11H14F3NO. The lowest BCUT2D eigenvalue weighted by Gasteiger charge is -2.35. The number of hydrogen-bond donors (Lipinski definition) is 1. The van der Waals surface area contributed by atoms with E-state index in [1.54, 1.807) is 18.2 Å². The van der Waals surface area contributed by atoms with Crippen LogP contribution in [0.3, 0.4) is 0 Å². The first-order valence-corrected chi connectivity index (χ1v) is 4.78. The molecule has 5 heteroatoms. The molecule has 0 spiro atoms. The van der Waals surface area contributed by atoms with Crippen LogP contribution in [0.2, 0.25) is 0 Å². The van der Waals surface area contributed by atoms with Crippen molar-refractivity contribution in [3.8, 4) is 0 Å². The van der Waals surface area contributed by atoms with Crippen LogP contribution in [0, 0.1) is 0 Å². The molecular weight excluding hydrogens is 219 g/mol. The molecule has 0 radical (unpaired) electrons. The molecule has 0 heterocycles. The van der Waals surface area contributed by atoms with Gasteiger partial charge in [0.1, 0.15) is 0 Å². The second kappa shape index (κ2) is 4.84. The fourth-order valence-corrected chi connectivity index (χ4v) is 1.63. The molecule has 0 aromatic heterocycles. The summed E-state index contributed by atoms with van der Waals surface area (Å²) in [6.07, 6.45) is -4.42. The molecule has 0 aliphatic rings. The fourth-order valence-electron chi connectivity index (χ4n) is 1.63. The standard InChI is InChI=1S/C11H14F3NO/c1-15-10(8-16-2,11(12,13)14)9-6-4-3-5-7-9/h3-7,15H,8H2,1-2H3. The number of rotatable bonds is 4. The summed E-state index contributed by atoms with van der Waals surface area (Å²) >= 11 is 0. The SMILES string of the molecule is CNC(COC)(c1ccccc1)C(F)(F)F. The van der Waals surface area contributed by atoms with Gasteiger partial charge in [-0.3, -0.25) is 0 Å². The van der Waals surface area contributed by atoms with Crippen LogP contribution in [0.5, 0.6) is 0 Å². The Kier molecular flexibility index (Phi) is 3.93. The third-order valence-electron chi connectivity index (χ3n) is 2.54. The van der Waals surface area contributed by atoms with Gasteiger partial charge in [0, 0.05) is 7.11 Å². The van der Waals surface area contributed by atoms with Gasteiger partial charge in [-0.05, 0) is 12.6 Å². The van der Waals surface area contributed by atoms with Gasteiger partial charge in [-0.15, -0.1) is 0 Å². The first kappa shape index (κ1) is 13.0. The van der Waals surface area contributed by atoms with Crippen LogP contribution < -0.4 is 5.32 Å². The molecule has 0 bridgehead atoms. The summed E-state index contributed by atoms with van der Waals surface area (Å²) in [5.74, 6) is 0. The maximum Gasteiger partial charge on any atom is 0.413 e. The van der Waals surface area contributed by atoms with Crippen molar-refractivity contribution in [3.05, 3.63) is 35.9 Å². The highest BCUT2D eigenvalue weighted by molar-refractivity contribution is 5.26. The molecule has 0 saturated carbocycles. The Balaban J connectivity index is 3.23. The van der Waals surface area contributed by atoms with Gasteiger partial charge in [-0.1, -0.05) is 30.3 Å². The molecule has 1 unspecified atom stereocenters. The molecule has 1 aromatic rings. The lowest BCUT2D eigenvalue weighted by molar-refractivity contribution is -0.212. The topological polar surface area (TPSA) is 21.3 Å². The number of hydrogen-bond acceptors (Lipinski definition) is 2. The Morgan fingerprint density at radius 1 is 1.19 bits per heavy atom. The van der Waals surface area contributed by atoms with Crippen LogP contribution in [0.25, 0.3) is 0 Å². The van der Waals surface area contributed by atoms with E-state index in [-0.39, 0.29) is 5.56 Å². The largest absolute Gasteiger partial charge is 0.413 e. The lowest BCUT2D eigenvalue weighted by atomic mass is 9.90. The van der Waals surface area contributed by atoms with E-state index < -0.39 is 18.3 Å². The van der Waals surface area contributed by atoms with Gasteiger partial charge < -0.3 is 10.1 Å². The molecule has 0 saturated heterocycles. The van der Waals surface area contributed by atoms with Crippen molar-refractivity contribution in [1.29, 1.82) is 0 Å². The number of nitrogens with one attached hydrogen (secondary N) is 1. The van der Waals surface area contributed by atoms with Crippen LogP contribution in [-0.4, -0.2) is 26.9 Å². The van der Waals surface area contributed by atoms with Crippen molar-refractivity contribution in [3.63, 3.8) is 0 Å². The van der Waals surface area contributed by atoms with Gasteiger partial charge >= 0.3 is 6.18 Å². The van der Waals surface area contributed by atoms with Crippen LogP contribution in [0.15, 0.2) is 30.3 Å². The molecule has 0 fully saturated rings. The third-order valence-corrected chi connectivity index (χ3v) is 2.54.